The van der Waals surface area contributed by atoms with E-state index < -0.39 is 17.9 Å². The molecule has 5 nitrogen and oxygen atoms in total. The molecule has 2 aromatic rings. The summed E-state index contributed by atoms with van der Waals surface area (Å²) in [6.45, 7) is 0. The van der Waals surface area contributed by atoms with Crippen LogP contribution in [0.1, 0.15) is 22.0 Å². The van der Waals surface area contributed by atoms with E-state index >= 15 is 0 Å². The van der Waals surface area contributed by atoms with Crippen LogP contribution in [0, 0.1) is 0 Å². The summed E-state index contributed by atoms with van der Waals surface area (Å²) in [5, 5.41) is 11.7. The molecular formula is C14H11BrN2O3. The first kappa shape index (κ1) is 14.2. The lowest BCUT2D eigenvalue weighted by atomic mass is 10.1. The molecule has 0 saturated carbocycles. The third-order valence-electron chi connectivity index (χ3n) is 2.64. The molecule has 20 heavy (non-hydrogen) atoms. The van der Waals surface area contributed by atoms with Gasteiger partial charge < -0.3 is 10.4 Å². The maximum absolute atomic E-state index is 12.0. The molecule has 0 unspecified atom stereocenters. The van der Waals surface area contributed by atoms with Gasteiger partial charge in [0, 0.05) is 6.20 Å². The summed E-state index contributed by atoms with van der Waals surface area (Å²) in [5.41, 5.74) is 0.814. The van der Waals surface area contributed by atoms with Gasteiger partial charge in [-0.3, -0.25) is 4.79 Å². The Morgan fingerprint density at radius 3 is 2.40 bits per heavy atom. The number of nitrogens with zero attached hydrogens (tertiary/aromatic N) is 1. The van der Waals surface area contributed by atoms with E-state index in [-0.39, 0.29) is 0 Å². The molecule has 1 amide bonds. The summed E-state index contributed by atoms with van der Waals surface area (Å²) in [5.74, 6) is -1.60. The van der Waals surface area contributed by atoms with Crippen molar-refractivity contribution in [3.05, 3.63) is 64.4 Å². The highest BCUT2D eigenvalue weighted by Gasteiger charge is 2.22. The number of aromatic nitrogens is 1. The van der Waals surface area contributed by atoms with Gasteiger partial charge >= 0.3 is 5.97 Å². The molecule has 1 aromatic carbocycles. The minimum Gasteiger partial charge on any atom is -0.479 e. The number of benzene rings is 1. The number of carboxylic acid groups (broad SMARTS) is 1. The zero-order chi connectivity index (χ0) is 14.5. The van der Waals surface area contributed by atoms with Gasteiger partial charge in [0.2, 0.25) is 0 Å². The number of carboxylic acids is 1. The lowest BCUT2D eigenvalue weighted by molar-refractivity contribution is -0.139. The van der Waals surface area contributed by atoms with Crippen LogP contribution in [-0.2, 0) is 4.79 Å². The lowest BCUT2D eigenvalue weighted by Gasteiger charge is -2.14. The van der Waals surface area contributed by atoms with E-state index in [4.69, 9.17) is 0 Å². The molecule has 6 heteroatoms. The number of halogens is 1. The molecule has 0 fully saturated rings. The summed E-state index contributed by atoms with van der Waals surface area (Å²) in [7, 11) is 0. The fraction of sp³-hybridized carbons (Fsp3) is 0.0714. The van der Waals surface area contributed by atoms with E-state index in [0.717, 1.165) is 0 Å². The molecule has 1 atom stereocenters. The predicted molar refractivity (Wildman–Crippen MR) is 76.2 cm³/mol. The van der Waals surface area contributed by atoms with Gasteiger partial charge in [-0.25, -0.2) is 9.78 Å². The zero-order valence-corrected chi connectivity index (χ0v) is 11.9. The highest BCUT2D eigenvalue weighted by Crippen LogP contribution is 2.14. The highest BCUT2D eigenvalue weighted by molar-refractivity contribution is 9.10. The van der Waals surface area contributed by atoms with E-state index in [9.17, 15) is 14.7 Å². The number of amides is 1. The van der Waals surface area contributed by atoms with Crippen LogP contribution < -0.4 is 5.32 Å². The number of hydrogen-bond acceptors (Lipinski definition) is 3. The smallest absolute Gasteiger partial charge is 0.330 e. The molecule has 0 aliphatic carbocycles. The standard InChI is InChI=1S/C14H11BrN2O3/c15-11-7-6-10(8-16-11)13(18)17-12(14(19)20)9-4-2-1-3-5-9/h1-8,12H,(H,17,18)(H,19,20)/t12-/m1/s1. The van der Waals surface area contributed by atoms with E-state index in [1.165, 1.54) is 6.20 Å². The largest absolute Gasteiger partial charge is 0.479 e. The Morgan fingerprint density at radius 1 is 1.15 bits per heavy atom. The van der Waals surface area contributed by atoms with Gasteiger partial charge in [0.15, 0.2) is 6.04 Å². The molecule has 2 rings (SSSR count). The monoisotopic (exact) mass is 334 g/mol. The number of carbonyl (C=O) groups excluding carboxylic acids is 1. The van der Waals surface area contributed by atoms with Crippen LogP contribution in [0.4, 0.5) is 0 Å². The SMILES string of the molecule is O=C(N[C@@H](C(=O)O)c1ccccc1)c1ccc(Br)nc1. The molecule has 0 aliphatic heterocycles. The van der Waals surface area contributed by atoms with E-state index in [0.29, 0.717) is 15.7 Å². The Bertz CT molecular complexity index is 614. The second-order valence-electron chi connectivity index (χ2n) is 4.02. The van der Waals surface area contributed by atoms with Crippen molar-refractivity contribution >= 4 is 27.8 Å². The first-order valence-corrected chi connectivity index (χ1v) is 6.57. The van der Waals surface area contributed by atoms with Crippen LogP contribution in [-0.4, -0.2) is 22.0 Å². The summed E-state index contributed by atoms with van der Waals surface area (Å²) >= 11 is 3.17. The molecule has 0 saturated heterocycles. The van der Waals surface area contributed by atoms with Gasteiger partial charge in [0.05, 0.1) is 5.56 Å². The Morgan fingerprint density at radius 2 is 1.85 bits per heavy atom. The fourth-order valence-corrected chi connectivity index (χ4v) is 1.89. The average Bonchev–Trinajstić information content (AvgIpc) is 2.46. The summed E-state index contributed by atoms with van der Waals surface area (Å²) in [6, 6.07) is 10.6. The molecule has 0 radical (unpaired) electrons. The number of aliphatic carboxylic acids is 1. The quantitative estimate of drug-likeness (QED) is 0.841. The lowest BCUT2D eigenvalue weighted by Crippen LogP contribution is -2.33. The molecule has 0 spiro atoms. The first-order chi connectivity index (χ1) is 9.58. The minimum atomic E-state index is -1.12. The molecule has 0 aliphatic rings. The van der Waals surface area contributed by atoms with Crippen LogP contribution in [0.3, 0.4) is 0 Å². The number of hydrogen-bond donors (Lipinski definition) is 2. The van der Waals surface area contributed by atoms with Gasteiger partial charge in [-0.05, 0) is 33.6 Å². The second kappa shape index (κ2) is 6.29. The third-order valence-corrected chi connectivity index (χ3v) is 3.11. The molecule has 102 valence electrons. The maximum atomic E-state index is 12.0. The van der Waals surface area contributed by atoms with Crippen molar-refractivity contribution in [3.8, 4) is 0 Å². The Hall–Kier alpha value is -2.21. The highest BCUT2D eigenvalue weighted by atomic mass is 79.9. The van der Waals surface area contributed by atoms with Crippen molar-refractivity contribution in [2.45, 2.75) is 6.04 Å². The van der Waals surface area contributed by atoms with Gasteiger partial charge in [0.1, 0.15) is 4.60 Å². The summed E-state index contributed by atoms with van der Waals surface area (Å²) in [6.07, 6.45) is 1.38. The summed E-state index contributed by atoms with van der Waals surface area (Å²) in [4.78, 5) is 27.2. The number of carbonyl (C=O) groups is 2. The molecule has 1 heterocycles. The van der Waals surface area contributed by atoms with Crippen LogP contribution in [0.2, 0.25) is 0 Å². The van der Waals surface area contributed by atoms with Crippen molar-refractivity contribution in [3.63, 3.8) is 0 Å². The fourth-order valence-electron chi connectivity index (χ4n) is 1.66. The van der Waals surface area contributed by atoms with Gasteiger partial charge in [-0.2, -0.15) is 0 Å². The van der Waals surface area contributed by atoms with E-state index in [2.05, 4.69) is 26.2 Å². The van der Waals surface area contributed by atoms with E-state index in [1.54, 1.807) is 42.5 Å². The average molecular weight is 335 g/mol. The number of rotatable bonds is 4. The first-order valence-electron chi connectivity index (χ1n) is 5.78. The third kappa shape index (κ3) is 3.42. The maximum Gasteiger partial charge on any atom is 0.330 e. The van der Waals surface area contributed by atoms with Crippen LogP contribution in [0.5, 0.6) is 0 Å². The molecule has 0 bridgehead atoms. The molecule has 2 N–H and O–H groups in total. The van der Waals surface area contributed by atoms with Gasteiger partial charge in [-0.1, -0.05) is 30.3 Å². The summed E-state index contributed by atoms with van der Waals surface area (Å²) < 4.78 is 0.604. The van der Waals surface area contributed by atoms with E-state index in [1.807, 2.05) is 0 Å². The number of nitrogens with one attached hydrogen (secondary N) is 1. The Balaban J connectivity index is 2.19. The minimum absolute atomic E-state index is 0.301. The van der Waals surface area contributed by atoms with Gasteiger partial charge in [-0.15, -0.1) is 0 Å². The second-order valence-corrected chi connectivity index (χ2v) is 4.84. The Labute approximate surface area is 123 Å². The molecular weight excluding hydrogens is 324 g/mol. The normalized spacial score (nSPS) is 11.7. The van der Waals surface area contributed by atoms with Crippen LogP contribution in [0.15, 0.2) is 53.3 Å². The van der Waals surface area contributed by atoms with Crippen molar-refractivity contribution < 1.29 is 14.7 Å². The zero-order valence-electron chi connectivity index (χ0n) is 10.3. The Kier molecular flexibility index (Phi) is 4.47. The van der Waals surface area contributed by atoms with Gasteiger partial charge in [0.25, 0.3) is 5.91 Å². The van der Waals surface area contributed by atoms with Crippen molar-refractivity contribution in [1.82, 2.24) is 10.3 Å². The molecule has 1 aromatic heterocycles. The van der Waals surface area contributed by atoms with Crippen LogP contribution in [0.25, 0.3) is 0 Å². The van der Waals surface area contributed by atoms with Crippen LogP contribution >= 0.6 is 15.9 Å². The predicted octanol–water partition coefficient (Wildman–Crippen LogP) is 2.40. The van der Waals surface area contributed by atoms with Crippen molar-refractivity contribution in [1.29, 1.82) is 0 Å². The topological polar surface area (TPSA) is 79.3 Å². The van der Waals surface area contributed by atoms with Crippen molar-refractivity contribution in [2.24, 2.45) is 0 Å². The van der Waals surface area contributed by atoms with Crippen molar-refractivity contribution in [2.75, 3.05) is 0 Å². The number of pyridine rings is 1.